The molecule has 1 fully saturated rings. The van der Waals surface area contributed by atoms with Gasteiger partial charge in [-0.2, -0.15) is 0 Å². The number of amides is 2. The van der Waals surface area contributed by atoms with Crippen LogP contribution in [0.5, 0.6) is 0 Å². The van der Waals surface area contributed by atoms with E-state index in [1.165, 1.54) is 11.8 Å². The van der Waals surface area contributed by atoms with Crippen LogP contribution in [0.1, 0.15) is 12.5 Å². The third-order valence-electron chi connectivity index (χ3n) is 5.07. The number of carbonyl (C=O) groups is 2. The summed E-state index contributed by atoms with van der Waals surface area (Å²) >= 11 is 1.41. The van der Waals surface area contributed by atoms with E-state index in [-0.39, 0.29) is 17.1 Å². The monoisotopic (exact) mass is 360 g/mol. The minimum absolute atomic E-state index is 0.0443. The Morgan fingerprint density at radius 2 is 1.69 bits per heavy atom. The van der Waals surface area contributed by atoms with Gasteiger partial charge in [-0.05, 0) is 35.9 Å². The summed E-state index contributed by atoms with van der Waals surface area (Å²) < 4.78 is 0. The fourth-order valence-electron chi connectivity index (χ4n) is 3.88. The van der Waals surface area contributed by atoms with Gasteiger partial charge in [-0.15, -0.1) is 11.8 Å². The topological polar surface area (TPSA) is 49.4 Å². The van der Waals surface area contributed by atoms with E-state index < -0.39 is 4.87 Å². The molecule has 0 saturated carbocycles. The Morgan fingerprint density at radius 1 is 0.962 bits per heavy atom. The summed E-state index contributed by atoms with van der Waals surface area (Å²) in [5.74, 6) is -0.202. The minimum atomic E-state index is -1.05. The lowest BCUT2D eigenvalue weighted by atomic mass is 10.0. The highest BCUT2D eigenvalue weighted by atomic mass is 32.2. The Kier molecular flexibility index (Phi) is 3.18. The first kappa shape index (κ1) is 15.5. The van der Waals surface area contributed by atoms with Gasteiger partial charge in [-0.25, -0.2) is 0 Å². The summed E-state index contributed by atoms with van der Waals surface area (Å²) in [5, 5.41) is 4.81. The zero-order chi connectivity index (χ0) is 17.9. The number of anilines is 2. The number of carbonyl (C=O) groups excluding carboxylic acids is 2. The molecule has 26 heavy (non-hydrogen) atoms. The van der Waals surface area contributed by atoms with Crippen molar-refractivity contribution >= 4 is 45.7 Å². The van der Waals surface area contributed by atoms with Crippen molar-refractivity contribution < 1.29 is 9.59 Å². The molecular weight excluding hydrogens is 344 g/mol. The highest BCUT2D eigenvalue weighted by molar-refractivity contribution is 8.03. The molecule has 2 amide bonds. The Morgan fingerprint density at radius 3 is 2.54 bits per heavy atom. The van der Waals surface area contributed by atoms with Crippen LogP contribution in [0.15, 0.2) is 66.7 Å². The van der Waals surface area contributed by atoms with Crippen LogP contribution < -0.4 is 10.2 Å². The summed E-state index contributed by atoms with van der Waals surface area (Å²) in [6.07, 6.45) is 0. The summed E-state index contributed by atoms with van der Waals surface area (Å²) in [7, 11) is 0. The second kappa shape index (κ2) is 5.35. The van der Waals surface area contributed by atoms with Crippen LogP contribution >= 0.6 is 11.8 Å². The third-order valence-corrected chi connectivity index (χ3v) is 6.55. The number of hydrogen-bond acceptors (Lipinski definition) is 3. The van der Waals surface area contributed by atoms with Gasteiger partial charge in [0.2, 0.25) is 10.8 Å². The predicted octanol–water partition coefficient (Wildman–Crippen LogP) is 4.11. The van der Waals surface area contributed by atoms with Gasteiger partial charge < -0.3 is 5.32 Å². The molecule has 2 aliphatic heterocycles. The maximum Gasteiger partial charge on any atom is 0.266 e. The quantitative estimate of drug-likeness (QED) is 0.710. The number of thioether (sulfide) groups is 1. The molecule has 1 N–H and O–H groups in total. The minimum Gasteiger partial charge on any atom is -0.323 e. The number of nitrogens with zero attached hydrogens (tertiary/aromatic N) is 1. The first-order chi connectivity index (χ1) is 12.6. The molecule has 5 rings (SSSR count). The maximum absolute atomic E-state index is 13.1. The van der Waals surface area contributed by atoms with Gasteiger partial charge in [-0.3, -0.25) is 14.5 Å². The van der Waals surface area contributed by atoms with E-state index in [0.29, 0.717) is 0 Å². The van der Waals surface area contributed by atoms with Crippen molar-refractivity contribution in [2.75, 3.05) is 10.2 Å². The van der Waals surface area contributed by atoms with Crippen molar-refractivity contribution in [1.82, 2.24) is 0 Å². The predicted molar refractivity (Wildman–Crippen MR) is 105 cm³/mol. The molecule has 2 heterocycles. The Bertz CT molecular complexity index is 1080. The number of nitrogens with one attached hydrogen (secondary N) is 1. The van der Waals surface area contributed by atoms with E-state index in [0.717, 1.165) is 27.7 Å². The van der Waals surface area contributed by atoms with Crippen molar-refractivity contribution in [2.45, 2.75) is 17.0 Å². The molecule has 5 heteroatoms. The molecule has 2 atom stereocenters. The van der Waals surface area contributed by atoms with Crippen LogP contribution in [-0.2, 0) is 14.5 Å². The van der Waals surface area contributed by atoms with Gasteiger partial charge in [-0.1, -0.05) is 48.5 Å². The van der Waals surface area contributed by atoms with Gasteiger partial charge in [0.05, 0.1) is 5.25 Å². The third kappa shape index (κ3) is 1.92. The van der Waals surface area contributed by atoms with E-state index in [1.807, 2.05) is 73.7 Å². The van der Waals surface area contributed by atoms with Crippen LogP contribution in [0.25, 0.3) is 10.8 Å². The van der Waals surface area contributed by atoms with Gasteiger partial charge in [0.15, 0.2) is 0 Å². The zero-order valence-electron chi connectivity index (χ0n) is 14.1. The lowest BCUT2D eigenvalue weighted by Crippen LogP contribution is -2.47. The van der Waals surface area contributed by atoms with E-state index in [2.05, 4.69) is 5.32 Å². The lowest BCUT2D eigenvalue weighted by molar-refractivity contribution is -0.122. The van der Waals surface area contributed by atoms with Crippen LogP contribution in [0.4, 0.5) is 11.4 Å². The van der Waals surface area contributed by atoms with Crippen molar-refractivity contribution in [1.29, 1.82) is 0 Å². The largest absolute Gasteiger partial charge is 0.323 e. The average Bonchev–Trinajstić information content (AvgIpc) is 3.09. The highest BCUT2D eigenvalue weighted by Crippen LogP contribution is 2.56. The number of rotatable bonds is 1. The van der Waals surface area contributed by atoms with Crippen LogP contribution in [0.2, 0.25) is 0 Å². The van der Waals surface area contributed by atoms with Gasteiger partial charge >= 0.3 is 0 Å². The number of hydrogen-bond donors (Lipinski definition) is 1. The summed E-state index contributed by atoms with van der Waals surface area (Å²) in [6.45, 7) is 1.87. The highest BCUT2D eigenvalue weighted by Gasteiger charge is 2.60. The molecular formula is C21H16N2O2S. The molecule has 3 aromatic rings. The van der Waals surface area contributed by atoms with Crippen molar-refractivity contribution in [3.63, 3.8) is 0 Å². The Labute approximate surface area is 155 Å². The first-order valence-corrected chi connectivity index (χ1v) is 9.41. The SMILES string of the molecule is C[C@@H]1S[C@]2(C(=O)Nc3ccccc32)N(c2ccc3ccccc3c2)C1=O. The van der Waals surface area contributed by atoms with Crippen LogP contribution in [0.3, 0.4) is 0 Å². The molecule has 0 bridgehead atoms. The molecule has 4 nitrogen and oxygen atoms in total. The van der Waals surface area contributed by atoms with E-state index in [9.17, 15) is 9.59 Å². The molecule has 1 spiro atoms. The van der Waals surface area contributed by atoms with Crippen molar-refractivity contribution in [2.24, 2.45) is 0 Å². The lowest BCUT2D eigenvalue weighted by Gasteiger charge is -2.32. The first-order valence-electron chi connectivity index (χ1n) is 8.53. The zero-order valence-corrected chi connectivity index (χ0v) is 14.9. The molecule has 0 aromatic heterocycles. The van der Waals surface area contributed by atoms with Crippen molar-refractivity contribution in [3.8, 4) is 0 Å². The smallest absolute Gasteiger partial charge is 0.266 e. The molecule has 3 aromatic carbocycles. The fraction of sp³-hybridized carbons (Fsp3) is 0.143. The molecule has 0 radical (unpaired) electrons. The Balaban J connectivity index is 1.75. The average molecular weight is 360 g/mol. The van der Waals surface area contributed by atoms with E-state index in [1.54, 1.807) is 4.90 Å². The molecule has 1 saturated heterocycles. The molecule has 2 aliphatic rings. The standard InChI is InChI=1S/C21H16N2O2S/c1-13-19(24)23(16-11-10-14-6-2-3-7-15(14)12-16)21(26-13)17-8-4-5-9-18(17)22-20(21)25/h2-13H,1H3,(H,22,25)/t13-,21+/m0/s1. The van der Waals surface area contributed by atoms with Gasteiger partial charge in [0.1, 0.15) is 0 Å². The van der Waals surface area contributed by atoms with Crippen LogP contribution in [-0.4, -0.2) is 17.1 Å². The second-order valence-electron chi connectivity index (χ2n) is 6.61. The summed E-state index contributed by atoms with van der Waals surface area (Å²) in [5.41, 5.74) is 2.37. The number of para-hydroxylation sites is 1. The summed E-state index contributed by atoms with van der Waals surface area (Å²) in [6, 6.07) is 21.5. The normalized spacial score (nSPS) is 24.3. The van der Waals surface area contributed by atoms with Crippen LogP contribution in [0, 0.1) is 0 Å². The van der Waals surface area contributed by atoms with Crippen molar-refractivity contribution in [3.05, 3.63) is 72.3 Å². The fourth-order valence-corrected chi connectivity index (χ4v) is 5.36. The number of fused-ring (bicyclic) bond motifs is 3. The summed E-state index contributed by atoms with van der Waals surface area (Å²) in [4.78, 5) is 26.8. The second-order valence-corrected chi connectivity index (χ2v) is 8.14. The number of benzene rings is 3. The molecule has 0 unspecified atom stereocenters. The molecule has 128 valence electrons. The molecule has 0 aliphatic carbocycles. The van der Waals surface area contributed by atoms with E-state index >= 15 is 0 Å². The Hall–Kier alpha value is -2.79. The van der Waals surface area contributed by atoms with Gasteiger partial charge in [0, 0.05) is 16.9 Å². The van der Waals surface area contributed by atoms with E-state index in [4.69, 9.17) is 0 Å². The van der Waals surface area contributed by atoms with Gasteiger partial charge in [0.25, 0.3) is 5.91 Å². The maximum atomic E-state index is 13.1.